The maximum Gasteiger partial charge on any atom is 0.317 e. The van der Waals surface area contributed by atoms with E-state index in [1.165, 1.54) is 0 Å². The van der Waals surface area contributed by atoms with Crippen molar-refractivity contribution >= 4 is 5.97 Å². The lowest BCUT2D eigenvalue weighted by atomic mass is 10.2. The zero-order valence-corrected chi connectivity index (χ0v) is 8.36. The Morgan fingerprint density at radius 1 is 1.54 bits per heavy atom. The van der Waals surface area contributed by atoms with Crippen molar-refractivity contribution in [3.63, 3.8) is 0 Å². The molecule has 0 saturated carbocycles. The van der Waals surface area contributed by atoms with Gasteiger partial charge in [-0.15, -0.1) is 0 Å². The van der Waals surface area contributed by atoms with Gasteiger partial charge in [0.25, 0.3) is 0 Å². The SMILES string of the molecule is CCCN(CC(=O)O)CC(C)CO. The highest BCUT2D eigenvalue weighted by molar-refractivity contribution is 5.69. The summed E-state index contributed by atoms with van der Waals surface area (Å²) in [5, 5.41) is 17.4. The van der Waals surface area contributed by atoms with Gasteiger partial charge in [0.05, 0.1) is 6.54 Å². The predicted molar refractivity (Wildman–Crippen MR) is 50.6 cm³/mol. The molecule has 0 aromatic rings. The molecule has 0 aromatic carbocycles. The maximum atomic E-state index is 10.5. The molecule has 0 radical (unpaired) electrons. The number of carboxylic acid groups (broad SMARTS) is 1. The molecule has 0 rings (SSSR count). The molecular weight excluding hydrogens is 170 g/mol. The van der Waals surface area contributed by atoms with Crippen molar-refractivity contribution in [2.24, 2.45) is 5.92 Å². The molecule has 0 aliphatic rings. The summed E-state index contributed by atoms with van der Waals surface area (Å²) in [6, 6.07) is 0. The maximum absolute atomic E-state index is 10.5. The van der Waals surface area contributed by atoms with E-state index in [1.807, 2.05) is 18.7 Å². The molecule has 0 aromatic heterocycles. The van der Waals surface area contributed by atoms with Gasteiger partial charge in [-0.1, -0.05) is 13.8 Å². The molecule has 0 amide bonds. The Hall–Kier alpha value is -0.610. The highest BCUT2D eigenvalue weighted by Gasteiger charge is 2.11. The largest absolute Gasteiger partial charge is 0.480 e. The van der Waals surface area contributed by atoms with Crippen molar-refractivity contribution in [2.45, 2.75) is 20.3 Å². The molecule has 2 N–H and O–H groups in total. The molecule has 0 aliphatic heterocycles. The lowest BCUT2D eigenvalue weighted by Gasteiger charge is -2.22. The Balaban J connectivity index is 3.85. The van der Waals surface area contributed by atoms with Crippen LogP contribution >= 0.6 is 0 Å². The second kappa shape index (κ2) is 6.86. The van der Waals surface area contributed by atoms with Gasteiger partial charge in [0.15, 0.2) is 0 Å². The molecule has 1 atom stereocenters. The van der Waals surface area contributed by atoms with Crippen molar-refractivity contribution in [2.75, 3.05) is 26.2 Å². The molecule has 78 valence electrons. The number of aliphatic hydroxyl groups is 1. The number of hydrogen-bond donors (Lipinski definition) is 2. The number of nitrogens with zero attached hydrogens (tertiary/aromatic N) is 1. The van der Waals surface area contributed by atoms with Gasteiger partial charge >= 0.3 is 5.97 Å². The summed E-state index contributed by atoms with van der Waals surface area (Å²) in [4.78, 5) is 12.3. The average molecular weight is 189 g/mol. The number of carboxylic acids is 1. The van der Waals surface area contributed by atoms with Gasteiger partial charge in [-0.05, 0) is 18.9 Å². The number of hydrogen-bond acceptors (Lipinski definition) is 3. The summed E-state index contributed by atoms with van der Waals surface area (Å²) in [7, 11) is 0. The molecule has 0 heterocycles. The van der Waals surface area contributed by atoms with Gasteiger partial charge in [0.2, 0.25) is 0 Å². The quantitative estimate of drug-likeness (QED) is 0.609. The summed E-state index contributed by atoms with van der Waals surface area (Å²) in [5.41, 5.74) is 0. The van der Waals surface area contributed by atoms with E-state index < -0.39 is 5.97 Å². The summed E-state index contributed by atoms with van der Waals surface area (Å²) < 4.78 is 0. The first kappa shape index (κ1) is 12.4. The molecule has 13 heavy (non-hydrogen) atoms. The van der Waals surface area contributed by atoms with Gasteiger partial charge in [-0.3, -0.25) is 9.69 Å². The van der Waals surface area contributed by atoms with Gasteiger partial charge in [0.1, 0.15) is 0 Å². The average Bonchev–Trinajstić information content (AvgIpc) is 2.03. The smallest absolute Gasteiger partial charge is 0.317 e. The molecule has 0 bridgehead atoms. The molecule has 0 saturated heterocycles. The molecule has 0 aliphatic carbocycles. The van der Waals surface area contributed by atoms with Crippen LogP contribution in [0.4, 0.5) is 0 Å². The van der Waals surface area contributed by atoms with E-state index >= 15 is 0 Å². The third-order valence-electron chi connectivity index (χ3n) is 1.78. The Morgan fingerprint density at radius 2 is 2.15 bits per heavy atom. The van der Waals surface area contributed by atoms with Crippen molar-refractivity contribution in [1.82, 2.24) is 4.90 Å². The minimum atomic E-state index is -0.807. The van der Waals surface area contributed by atoms with Crippen LogP contribution in [0.2, 0.25) is 0 Å². The fraction of sp³-hybridized carbons (Fsp3) is 0.889. The number of aliphatic carboxylic acids is 1. The van der Waals surface area contributed by atoms with Crippen LogP contribution in [0.1, 0.15) is 20.3 Å². The van der Waals surface area contributed by atoms with Crippen LogP contribution < -0.4 is 0 Å². The topological polar surface area (TPSA) is 60.8 Å². The summed E-state index contributed by atoms with van der Waals surface area (Å²) in [5.74, 6) is -0.663. The summed E-state index contributed by atoms with van der Waals surface area (Å²) in [6.07, 6.45) is 0.936. The predicted octanol–water partition coefficient (Wildman–Crippen LogP) is 0.411. The van der Waals surface area contributed by atoms with E-state index in [4.69, 9.17) is 10.2 Å². The molecule has 0 spiro atoms. The van der Waals surface area contributed by atoms with Crippen molar-refractivity contribution in [3.05, 3.63) is 0 Å². The van der Waals surface area contributed by atoms with Gasteiger partial charge < -0.3 is 10.2 Å². The Bertz CT molecular complexity index is 150. The Morgan fingerprint density at radius 3 is 2.54 bits per heavy atom. The van der Waals surface area contributed by atoms with Crippen LogP contribution in [0.15, 0.2) is 0 Å². The third-order valence-corrected chi connectivity index (χ3v) is 1.78. The van der Waals surface area contributed by atoms with Crippen LogP contribution in [0.25, 0.3) is 0 Å². The second-order valence-electron chi connectivity index (χ2n) is 3.42. The number of carbonyl (C=O) groups is 1. The van der Waals surface area contributed by atoms with E-state index in [1.54, 1.807) is 0 Å². The Labute approximate surface area is 79.2 Å². The molecule has 0 fully saturated rings. The minimum Gasteiger partial charge on any atom is -0.480 e. The van der Waals surface area contributed by atoms with Gasteiger partial charge in [-0.2, -0.15) is 0 Å². The molecule has 1 unspecified atom stereocenters. The van der Waals surface area contributed by atoms with Crippen LogP contribution in [-0.2, 0) is 4.79 Å². The Kier molecular flexibility index (Phi) is 6.54. The normalized spacial score (nSPS) is 13.2. The first-order valence-electron chi connectivity index (χ1n) is 4.65. The van der Waals surface area contributed by atoms with Crippen molar-refractivity contribution in [3.8, 4) is 0 Å². The van der Waals surface area contributed by atoms with Gasteiger partial charge in [-0.25, -0.2) is 0 Å². The third kappa shape index (κ3) is 6.54. The second-order valence-corrected chi connectivity index (χ2v) is 3.42. The number of aliphatic hydroxyl groups excluding tert-OH is 1. The molecular formula is C9H19NO3. The van der Waals surface area contributed by atoms with Gasteiger partial charge in [0, 0.05) is 13.2 Å². The van der Waals surface area contributed by atoms with Crippen LogP contribution in [-0.4, -0.2) is 47.3 Å². The van der Waals surface area contributed by atoms with E-state index in [0.717, 1.165) is 13.0 Å². The first-order valence-corrected chi connectivity index (χ1v) is 4.65. The first-order chi connectivity index (χ1) is 6.10. The monoisotopic (exact) mass is 189 g/mol. The summed E-state index contributed by atoms with van der Waals surface area (Å²) in [6.45, 7) is 5.52. The standard InChI is InChI=1S/C9H19NO3/c1-3-4-10(6-9(12)13)5-8(2)7-11/h8,11H,3-7H2,1-2H3,(H,12,13). The zero-order valence-electron chi connectivity index (χ0n) is 8.36. The van der Waals surface area contributed by atoms with E-state index in [9.17, 15) is 4.79 Å². The van der Waals surface area contributed by atoms with E-state index in [-0.39, 0.29) is 19.1 Å². The minimum absolute atomic E-state index is 0.0676. The van der Waals surface area contributed by atoms with E-state index in [2.05, 4.69) is 0 Å². The van der Waals surface area contributed by atoms with Crippen LogP contribution in [0.5, 0.6) is 0 Å². The number of rotatable bonds is 7. The fourth-order valence-corrected chi connectivity index (χ4v) is 1.24. The van der Waals surface area contributed by atoms with Crippen molar-refractivity contribution in [1.29, 1.82) is 0 Å². The van der Waals surface area contributed by atoms with Crippen LogP contribution in [0.3, 0.4) is 0 Å². The lowest BCUT2D eigenvalue weighted by molar-refractivity contribution is -0.138. The summed E-state index contributed by atoms with van der Waals surface area (Å²) >= 11 is 0. The fourth-order valence-electron chi connectivity index (χ4n) is 1.24. The van der Waals surface area contributed by atoms with E-state index in [0.29, 0.717) is 6.54 Å². The zero-order chi connectivity index (χ0) is 10.3. The lowest BCUT2D eigenvalue weighted by Crippen LogP contribution is -2.35. The molecule has 4 nitrogen and oxygen atoms in total. The highest BCUT2D eigenvalue weighted by atomic mass is 16.4. The van der Waals surface area contributed by atoms with Crippen molar-refractivity contribution < 1.29 is 15.0 Å². The van der Waals surface area contributed by atoms with Crippen LogP contribution in [0, 0.1) is 5.92 Å². The highest BCUT2D eigenvalue weighted by Crippen LogP contribution is 1.99. The molecule has 4 heteroatoms.